The predicted octanol–water partition coefficient (Wildman–Crippen LogP) is 6.71. The second-order valence-electron chi connectivity index (χ2n) is 7.67. The van der Waals surface area contributed by atoms with Crippen LogP contribution in [0.4, 0.5) is 0 Å². The molecule has 0 fully saturated rings. The van der Waals surface area contributed by atoms with Crippen molar-refractivity contribution in [1.29, 1.82) is 0 Å². The van der Waals surface area contributed by atoms with Gasteiger partial charge in [0.25, 0.3) is 0 Å². The molecule has 0 heterocycles. The van der Waals surface area contributed by atoms with E-state index < -0.39 is 0 Å². The van der Waals surface area contributed by atoms with Gasteiger partial charge in [0.15, 0.2) is 11.5 Å². The summed E-state index contributed by atoms with van der Waals surface area (Å²) >= 11 is 12.8. The fraction of sp³-hybridized carbons (Fsp3) is 0.231. The molecule has 0 bridgehead atoms. The number of nitrogens with zero attached hydrogens (tertiary/aromatic N) is 1. The number of aromatic hydroxyl groups is 2. The molecule has 0 aliphatic rings. The van der Waals surface area contributed by atoms with Crippen LogP contribution in [-0.4, -0.2) is 42.4 Å². The molecule has 0 atom stereocenters. The Morgan fingerprint density at radius 1 is 0.875 bits per heavy atom. The van der Waals surface area contributed by atoms with Gasteiger partial charge in [-0.05, 0) is 72.6 Å². The maximum atomic E-state index is 10.7. The summed E-state index contributed by atoms with van der Waals surface area (Å²) in [4.78, 5) is 2.02. The highest BCUT2D eigenvalue weighted by atomic mass is 35.5. The van der Waals surface area contributed by atoms with Gasteiger partial charge in [0.2, 0.25) is 0 Å². The summed E-state index contributed by atoms with van der Waals surface area (Å²) in [5.74, 6) is 0.445. The third-order valence-corrected chi connectivity index (χ3v) is 6.02. The first-order valence-electron chi connectivity index (χ1n) is 10.4. The van der Waals surface area contributed by atoms with Crippen molar-refractivity contribution in [2.75, 3.05) is 27.2 Å². The Balaban J connectivity index is 2.16. The average molecular weight is 472 g/mol. The van der Waals surface area contributed by atoms with Crippen LogP contribution < -0.4 is 4.74 Å². The van der Waals surface area contributed by atoms with Gasteiger partial charge in [-0.15, -0.1) is 0 Å². The van der Waals surface area contributed by atoms with E-state index in [9.17, 15) is 10.2 Å². The molecule has 3 aromatic carbocycles. The maximum absolute atomic E-state index is 10.7. The molecular formula is C26H27Cl2NO3. The van der Waals surface area contributed by atoms with Gasteiger partial charge in [-0.3, -0.25) is 0 Å². The van der Waals surface area contributed by atoms with E-state index in [1.54, 1.807) is 24.3 Å². The Morgan fingerprint density at radius 2 is 1.59 bits per heavy atom. The summed E-state index contributed by atoms with van der Waals surface area (Å²) in [5.41, 5.74) is 4.41. The zero-order valence-electron chi connectivity index (χ0n) is 18.4. The number of hydrogen-bond donors (Lipinski definition) is 2. The summed E-state index contributed by atoms with van der Waals surface area (Å²) in [5, 5.41) is 21.0. The minimum absolute atomic E-state index is 0.0611. The molecule has 168 valence electrons. The van der Waals surface area contributed by atoms with Gasteiger partial charge in [-0.25, -0.2) is 0 Å². The lowest BCUT2D eigenvalue weighted by atomic mass is 9.88. The Hall–Kier alpha value is -2.66. The number of phenols is 2. The third-order valence-electron chi connectivity index (χ3n) is 5.15. The zero-order valence-corrected chi connectivity index (χ0v) is 19.9. The first kappa shape index (κ1) is 24.0. The summed E-state index contributed by atoms with van der Waals surface area (Å²) in [7, 11) is 3.94. The fourth-order valence-electron chi connectivity index (χ4n) is 3.53. The average Bonchev–Trinajstić information content (AvgIpc) is 2.78. The SMILES string of the molecule is CC/C(=C(\c1ccccc1)c1ccc(OCCN(C)C)c(O)c1)c1ccc(O)c(Cl)c1Cl. The molecule has 3 rings (SSSR count). The Labute approximate surface area is 199 Å². The van der Waals surface area contributed by atoms with E-state index >= 15 is 0 Å². The number of rotatable bonds is 8. The van der Waals surface area contributed by atoms with Gasteiger partial charge in [0, 0.05) is 6.54 Å². The molecule has 0 aliphatic heterocycles. The van der Waals surface area contributed by atoms with Gasteiger partial charge >= 0.3 is 0 Å². The van der Waals surface area contributed by atoms with Gasteiger partial charge in [0.05, 0.1) is 5.02 Å². The summed E-state index contributed by atoms with van der Waals surface area (Å²) < 4.78 is 5.73. The van der Waals surface area contributed by atoms with Crippen molar-refractivity contribution in [1.82, 2.24) is 4.90 Å². The summed E-state index contributed by atoms with van der Waals surface area (Å²) in [6.07, 6.45) is 0.660. The third kappa shape index (κ3) is 5.39. The normalized spacial score (nSPS) is 12.1. The Bertz CT molecular complexity index is 1110. The number of halogens is 2. The van der Waals surface area contributed by atoms with Crippen LogP contribution in [0.5, 0.6) is 17.2 Å². The van der Waals surface area contributed by atoms with Crippen molar-refractivity contribution >= 4 is 34.3 Å². The van der Waals surface area contributed by atoms with E-state index in [2.05, 4.69) is 0 Å². The minimum Gasteiger partial charge on any atom is -0.506 e. The van der Waals surface area contributed by atoms with Crippen molar-refractivity contribution in [3.63, 3.8) is 0 Å². The molecule has 0 aromatic heterocycles. The lowest BCUT2D eigenvalue weighted by molar-refractivity contribution is 0.252. The van der Waals surface area contributed by atoms with Crippen molar-refractivity contribution in [3.8, 4) is 17.2 Å². The smallest absolute Gasteiger partial charge is 0.161 e. The molecule has 32 heavy (non-hydrogen) atoms. The molecule has 0 aliphatic carbocycles. The molecule has 0 spiro atoms. The van der Waals surface area contributed by atoms with Crippen LogP contribution in [0.1, 0.15) is 30.0 Å². The molecule has 0 saturated heterocycles. The Morgan fingerprint density at radius 3 is 2.22 bits per heavy atom. The zero-order chi connectivity index (χ0) is 23.3. The predicted molar refractivity (Wildman–Crippen MR) is 133 cm³/mol. The molecule has 0 saturated carbocycles. The number of likely N-dealkylation sites (N-methyl/N-ethyl adjacent to an activating group) is 1. The van der Waals surface area contributed by atoms with E-state index in [0.29, 0.717) is 23.8 Å². The number of allylic oxidation sites excluding steroid dienone is 1. The first-order valence-corrected chi connectivity index (χ1v) is 11.2. The van der Waals surface area contributed by atoms with E-state index in [0.717, 1.165) is 34.4 Å². The number of hydrogen-bond acceptors (Lipinski definition) is 4. The minimum atomic E-state index is -0.0611. The number of benzene rings is 3. The lowest BCUT2D eigenvalue weighted by Crippen LogP contribution is -2.19. The number of phenolic OH excluding ortho intramolecular Hbond substituents is 2. The van der Waals surface area contributed by atoms with Crippen molar-refractivity contribution in [3.05, 3.63) is 87.4 Å². The first-order chi connectivity index (χ1) is 15.3. The second-order valence-corrected chi connectivity index (χ2v) is 8.42. The van der Waals surface area contributed by atoms with Crippen LogP contribution >= 0.6 is 23.2 Å². The Kier molecular flexibility index (Phi) is 8.08. The van der Waals surface area contributed by atoms with Crippen LogP contribution in [0.2, 0.25) is 10.0 Å². The molecule has 0 amide bonds. The molecule has 3 aromatic rings. The summed E-state index contributed by atoms with van der Waals surface area (Å²) in [6.45, 7) is 3.26. The van der Waals surface area contributed by atoms with Crippen LogP contribution in [0.25, 0.3) is 11.1 Å². The van der Waals surface area contributed by atoms with Crippen LogP contribution in [0.3, 0.4) is 0 Å². The molecule has 2 N–H and O–H groups in total. The van der Waals surface area contributed by atoms with Gasteiger partial charge < -0.3 is 19.8 Å². The largest absolute Gasteiger partial charge is 0.506 e. The highest BCUT2D eigenvalue weighted by Gasteiger charge is 2.19. The van der Waals surface area contributed by atoms with Crippen molar-refractivity contribution in [2.45, 2.75) is 13.3 Å². The summed E-state index contributed by atoms with van der Waals surface area (Å²) in [6, 6.07) is 18.6. The van der Waals surface area contributed by atoms with Crippen LogP contribution in [-0.2, 0) is 0 Å². The quantitative estimate of drug-likeness (QED) is 0.358. The van der Waals surface area contributed by atoms with Crippen LogP contribution in [0.15, 0.2) is 60.7 Å². The molecule has 6 heteroatoms. The topological polar surface area (TPSA) is 52.9 Å². The molecule has 0 unspecified atom stereocenters. The standard InChI is InChI=1S/C26H27Cl2NO3/c1-4-19(20-11-12-21(30)26(28)25(20)27)24(17-8-6-5-7-9-17)18-10-13-23(22(31)16-18)32-15-14-29(2)3/h5-13,16,30-31H,4,14-15H2,1-3H3/b24-19-. The van der Waals surface area contributed by atoms with Gasteiger partial charge in [0.1, 0.15) is 17.4 Å². The van der Waals surface area contributed by atoms with E-state index in [4.69, 9.17) is 27.9 Å². The highest BCUT2D eigenvalue weighted by Crippen LogP contribution is 2.43. The molecule has 0 radical (unpaired) electrons. The van der Waals surface area contributed by atoms with Crippen molar-refractivity contribution < 1.29 is 14.9 Å². The lowest BCUT2D eigenvalue weighted by Gasteiger charge is -2.19. The van der Waals surface area contributed by atoms with Crippen LogP contribution in [0, 0.1) is 0 Å². The van der Waals surface area contributed by atoms with E-state index in [-0.39, 0.29) is 16.5 Å². The van der Waals surface area contributed by atoms with E-state index in [1.165, 1.54) is 0 Å². The maximum Gasteiger partial charge on any atom is 0.161 e. The van der Waals surface area contributed by atoms with Gasteiger partial charge in [-0.1, -0.05) is 66.5 Å². The second kappa shape index (κ2) is 10.8. The highest BCUT2D eigenvalue weighted by molar-refractivity contribution is 6.44. The fourth-order valence-corrected chi connectivity index (χ4v) is 3.97. The molecule has 4 nitrogen and oxygen atoms in total. The molecular weight excluding hydrogens is 445 g/mol. The van der Waals surface area contributed by atoms with E-state index in [1.807, 2.05) is 62.3 Å². The van der Waals surface area contributed by atoms with Crippen molar-refractivity contribution in [2.24, 2.45) is 0 Å². The number of ether oxygens (including phenoxy) is 1. The monoisotopic (exact) mass is 471 g/mol. The van der Waals surface area contributed by atoms with Gasteiger partial charge in [-0.2, -0.15) is 0 Å².